The molecule has 2 aromatic rings. The van der Waals surface area contributed by atoms with E-state index in [9.17, 15) is 0 Å². The van der Waals surface area contributed by atoms with Crippen molar-refractivity contribution in [3.63, 3.8) is 0 Å². The fourth-order valence-corrected chi connectivity index (χ4v) is 1.34. The van der Waals surface area contributed by atoms with E-state index >= 15 is 0 Å². The third-order valence-electron chi connectivity index (χ3n) is 2.20. The Morgan fingerprint density at radius 2 is 2.00 bits per heavy atom. The molecule has 2 rings (SSSR count). The molecule has 0 aliphatic heterocycles. The monoisotopic (exact) mass is 368 g/mol. The predicted molar refractivity (Wildman–Crippen MR) is 89.2 cm³/mol. The van der Waals surface area contributed by atoms with Gasteiger partial charge in [-0.2, -0.15) is 0 Å². The van der Waals surface area contributed by atoms with Crippen molar-refractivity contribution in [2.24, 2.45) is 10.8 Å². The molecular weight excluding hydrogens is 352 g/mol. The van der Waals surface area contributed by atoms with Gasteiger partial charge in [0.05, 0.1) is 12.7 Å². The first-order valence-electron chi connectivity index (χ1n) is 5.94. The molecule has 8 heteroatoms. The van der Waals surface area contributed by atoms with Crippen LogP contribution in [0.4, 0.5) is 0 Å². The normalized spacial score (nSPS) is 9.18. The molecule has 1 heterocycles. The number of nitrogens with zero attached hydrogens (tertiary/aromatic N) is 3. The van der Waals surface area contributed by atoms with Crippen LogP contribution in [0.2, 0.25) is 0 Å². The first-order chi connectivity index (χ1) is 10.1. The summed E-state index contributed by atoms with van der Waals surface area (Å²) in [5, 5.41) is 11.5. The topological polar surface area (TPSA) is 97.5 Å². The van der Waals surface area contributed by atoms with Crippen LogP contribution in [-0.4, -0.2) is 28.5 Å². The van der Waals surface area contributed by atoms with Gasteiger partial charge in [-0.1, -0.05) is 12.1 Å². The van der Waals surface area contributed by atoms with Gasteiger partial charge in [-0.15, -0.1) is 0 Å². The maximum Gasteiger partial charge on any atom is 2.00 e. The number of aromatic nitrogens is 1. The summed E-state index contributed by atoms with van der Waals surface area (Å²) in [5.41, 5.74) is 9.30. The van der Waals surface area contributed by atoms with Gasteiger partial charge < -0.3 is 20.4 Å². The number of thiol groups is 1. The van der Waals surface area contributed by atoms with Crippen LogP contribution in [0.15, 0.2) is 53.9 Å². The minimum Gasteiger partial charge on any atom is -0.590 e. The van der Waals surface area contributed by atoms with Gasteiger partial charge in [0.2, 0.25) is 5.75 Å². The van der Waals surface area contributed by atoms with Gasteiger partial charge in [-0.25, -0.2) is 0 Å². The molecule has 1 aromatic heterocycles. The summed E-state index contributed by atoms with van der Waals surface area (Å²) >= 11 is 3.75. The van der Waals surface area contributed by atoms with Crippen molar-refractivity contribution in [3.8, 4) is 11.5 Å². The van der Waals surface area contributed by atoms with E-state index in [4.69, 9.17) is 15.6 Å². The number of hydrogen-bond acceptors (Lipinski definition) is 3. The minimum atomic E-state index is 0. The summed E-state index contributed by atoms with van der Waals surface area (Å²) in [6.45, 7) is 0. The number of nitrogens with two attached hydrogens (primary N) is 1. The molecule has 0 saturated carbocycles. The first kappa shape index (κ1) is 20.0. The second kappa shape index (κ2) is 11.6. The van der Waals surface area contributed by atoms with Crippen LogP contribution in [0.3, 0.4) is 0 Å². The standard InChI is InChI=1S/C9H11N3O2S.C5H5N.Cu/c1-14-7-4-2-3-6(8(7)13)5-11-12-9(10)15;1-2-4-6-5-3-1;/h2-5H,1H3,(H4,10,11,12,13,15);1-5H;/q;;+2/p+1. The van der Waals surface area contributed by atoms with Crippen molar-refractivity contribution >= 4 is 23.5 Å². The van der Waals surface area contributed by atoms with Gasteiger partial charge in [-0.05, 0) is 24.3 Å². The molecule has 1 aromatic carbocycles. The van der Waals surface area contributed by atoms with E-state index in [-0.39, 0.29) is 27.9 Å². The molecule has 0 atom stereocenters. The average molecular weight is 369 g/mol. The largest absolute Gasteiger partial charge is 2.00 e. The number of hydrogen-bond donors (Lipinski definition) is 1. The van der Waals surface area contributed by atoms with E-state index in [1.165, 1.54) is 13.3 Å². The van der Waals surface area contributed by atoms with Crippen LogP contribution in [0.1, 0.15) is 5.56 Å². The molecule has 0 aliphatic carbocycles. The molecule has 0 fully saturated rings. The number of rotatable bonds is 3. The fraction of sp³-hybridized carbons (Fsp3) is 0.0714. The van der Waals surface area contributed by atoms with E-state index < -0.39 is 0 Å². The van der Waals surface area contributed by atoms with Crippen LogP contribution in [0.25, 0.3) is 5.43 Å². The fourth-order valence-electron chi connectivity index (χ4n) is 1.29. The van der Waals surface area contributed by atoms with Gasteiger partial charge in [0.15, 0.2) is 17.3 Å². The zero-order chi connectivity index (χ0) is 15.5. The Morgan fingerprint density at radius 1 is 1.32 bits per heavy atom. The van der Waals surface area contributed by atoms with E-state index in [2.05, 4.69) is 27.7 Å². The van der Waals surface area contributed by atoms with E-state index in [0.29, 0.717) is 11.3 Å². The quantitative estimate of drug-likeness (QED) is 0.220. The van der Waals surface area contributed by atoms with Crippen molar-refractivity contribution in [2.45, 2.75) is 0 Å². The van der Waals surface area contributed by atoms with E-state index in [1.54, 1.807) is 30.6 Å². The predicted octanol–water partition coefficient (Wildman–Crippen LogP) is 1.25. The summed E-state index contributed by atoms with van der Waals surface area (Å²) < 4.78 is 4.99. The Kier molecular flexibility index (Phi) is 10.6. The minimum absolute atomic E-state index is 0. The van der Waals surface area contributed by atoms with Gasteiger partial charge in [0, 0.05) is 18.6 Å². The summed E-state index contributed by atoms with van der Waals surface area (Å²) in [7, 11) is 1.51. The zero-order valence-electron chi connectivity index (χ0n) is 11.8. The molecule has 119 valence electrons. The van der Waals surface area contributed by atoms with Crippen LogP contribution in [0.5, 0.6) is 11.5 Å². The van der Waals surface area contributed by atoms with Crippen LogP contribution < -0.4 is 10.5 Å². The van der Waals surface area contributed by atoms with Crippen molar-refractivity contribution in [1.82, 2.24) is 4.98 Å². The summed E-state index contributed by atoms with van der Waals surface area (Å²) in [6, 6.07) is 10.9. The van der Waals surface area contributed by atoms with Gasteiger partial charge in [0.1, 0.15) is 0 Å². The average Bonchev–Trinajstić information content (AvgIpc) is 2.51. The zero-order valence-corrected chi connectivity index (χ0v) is 13.6. The number of ether oxygens (including phenoxy) is 1. The molecule has 0 spiro atoms. The Hall–Kier alpha value is -1.99. The SMILES string of the molecule is COc1cccc(C=N[N-]C(N)=[SH+])c1[OH2+].[Cu+2].c1ccncc1. The Bertz CT molecular complexity index is 570. The molecule has 0 amide bonds. The van der Waals surface area contributed by atoms with Gasteiger partial charge in [0.25, 0.3) is 0 Å². The van der Waals surface area contributed by atoms with Crippen molar-refractivity contribution in [2.75, 3.05) is 7.11 Å². The smallest absolute Gasteiger partial charge is 0.590 e. The van der Waals surface area contributed by atoms with Crippen molar-refractivity contribution in [1.29, 1.82) is 0 Å². The number of para-hydroxylation sites is 1. The van der Waals surface area contributed by atoms with E-state index in [1.807, 2.05) is 18.2 Å². The molecule has 0 aliphatic rings. The first-order valence-corrected chi connectivity index (χ1v) is 6.39. The van der Waals surface area contributed by atoms with E-state index in [0.717, 1.165) is 0 Å². The second-order valence-corrected chi connectivity index (χ2v) is 4.11. The van der Waals surface area contributed by atoms with Crippen molar-refractivity contribution in [3.05, 3.63) is 59.8 Å². The van der Waals surface area contributed by atoms with Gasteiger partial charge in [-0.3, -0.25) is 10.7 Å². The maximum atomic E-state index is 7.72. The molecule has 6 nitrogen and oxygen atoms in total. The van der Waals surface area contributed by atoms with Crippen LogP contribution >= 0.6 is 0 Å². The summed E-state index contributed by atoms with van der Waals surface area (Å²) in [6.07, 6.45) is 4.92. The molecule has 0 bridgehead atoms. The molecule has 0 unspecified atom stereocenters. The number of pyridine rings is 1. The molecule has 1 radical (unpaired) electrons. The van der Waals surface area contributed by atoms with Gasteiger partial charge >= 0.3 is 22.8 Å². The third kappa shape index (κ3) is 7.70. The molecule has 0 saturated heterocycles. The second-order valence-electron chi connectivity index (χ2n) is 3.65. The number of methoxy groups -OCH3 is 1. The third-order valence-corrected chi connectivity index (χ3v) is 2.29. The molecular formula is C14H17CuN4O2S+3. The Balaban J connectivity index is 0.000000529. The summed E-state index contributed by atoms with van der Waals surface area (Å²) in [4.78, 5) is 3.78. The maximum absolute atomic E-state index is 7.72. The summed E-state index contributed by atoms with van der Waals surface area (Å²) in [5.74, 6) is 0.749. The Morgan fingerprint density at radius 3 is 2.45 bits per heavy atom. The van der Waals surface area contributed by atoms with Crippen LogP contribution in [0, 0.1) is 0 Å². The Labute approximate surface area is 144 Å². The molecule has 4 N–H and O–H groups in total. The van der Waals surface area contributed by atoms with Crippen molar-refractivity contribution < 1.29 is 26.9 Å². The number of benzene rings is 1. The molecule has 22 heavy (non-hydrogen) atoms. The van der Waals surface area contributed by atoms with Crippen LogP contribution in [-0.2, 0) is 29.3 Å².